The number of benzene rings is 1. The maximum absolute atomic E-state index is 4.08. The first-order valence-corrected chi connectivity index (χ1v) is 6.09. The first-order chi connectivity index (χ1) is 7.43. The van der Waals surface area contributed by atoms with Crippen molar-refractivity contribution >= 4 is 11.8 Å². The summed E-state index contributed by atoms with van der Waals surface area (Å²) < 4.78 is 2.16. The van der Waals surface area contributed by atoms with E-state index in [0.717, 1.165) is 6.54 Å². The van der Waals surface area contributed by atoms with Crippen LogP contribution in [0.15, 0.2) is 47.9 Å². The second-order valence-electron chi connectivity index (χ2n) is 3.81. The van der Waals surface area contributed by atoms with Gasteiger partial charge in [-0.1, -0.05) is 18.2 Å². The Hall–Kier alpha value is -1.22. The Kier molecular flexibility index (Phi) is 2.25. The Balaban J connectivity index is 1.85. The van der Waals surface area contributed by atoms with Crippen LogP contribution in [0.25, 0.3) is 0 Å². The molecule has 76 valence electrons. The predicted octanol–water partition coefficient (Wildman–Crippen LogP) is 2.77. The van der Waals surface area contributed by atoms with Gasteiger partial charge in [0.15, 0.2) is 0 Å². The number of aromatic nitrogens is 2. The van der Waals surface area contributed by atoms with E-state index in [1.165, 1.54) is 16.2 Å². The van der Waals surface area contributed by atoms with Crippen LogP contribution in [0.2, 0.25) is 0 Å². The topological polar surface area (TPSA) is 17.8 Å². The number of hydrogen-bond acceptors (Lipinski definition) is 2. The highest BCUT2D eigenvalue weighted by atomic mass is 32.2. The quantitative estimate of drug-likeness (QED) is 0.768. The van der Waals surface area contributed by atoms with Gasteiger partial charge in [0.2, 0.25) is 0 Å². The fourth-order valence-corrected chi connectivity index (χ4v) is 3.27. The monoisotopic (exact) mass is 216 g/mol. The first kappa shape index (κ1) is 9.04. The summed E-state index contributed by atoms with van der Waals surface area (Å²) in [5, 5.41) is 0. The predicted molar refractivity (Wildman–Crippen MR) is 62.1 cm³/mol. The van der Waals surface area contributed by atoms with Crippen LogP contribution < -0.4 is 0 Å². The van der Waals surface area contributed by atoms with Crippen molar-refractivity contribution in [1.82, 2.24) is 9.55 Å². The molecule has 0 N–H and O–H groups in total. The normalized spacial score (nSPS) is 19.1. The van der Waals surface area contributed by atoms with Gasteiger partial charge < -0.3 is 4.57 Å². The van der Waals surface area contributed by atoms with E-state index in [2.05, 4.69) is 33.8 Å². The van der Waals surface area contributed by atoms with E-state index in [1.807, 2.05) is 30.5 Å². The van der Waals surface area contributed by atoms with Crippen LogP contribution in [-0.4, -0.2) is 15.3 Å². The van der Waals surface area contributed by atoms with Crippen LogP contribution in [-0.2, 0) is 6.54 Å². The second-order valence-corrected chi connectivity index (χ2v) is 4.87. The number of hydrogen-bond donors (Lipinski definition) is 0. The summed E-state index contributed by atoms with van der Waals surface area (Å²) in [5.41, 5.74) is 1.50. The van der Waals surface area contributed by atoms with Gasteiger partial charge in [0.25, 0.3) is 0 Å². The highest BCUT2D eigenvalue weighted by molar-refractivity contribution is 7.99. The molecule has 1 aromatic carbocycles. The lowest BCUT2D eigenvalue weighted by molar-refractivity contribution is 0.605. The summed E-state index contributed by atoms with van der Waals surface area (Å²) in [6.07, 6.45) is 5.77. The minimum Gasteiger partial charge on any atom is -0.337 e. The van der Waals surface area contributed by atoms with Crippen LogP contribution in [0, 0.1) is 0 Å². The molecule has 0 amide bonds. The molecule has 2 aromatic rings. The van der Waals surface area contributed by atoms with E-state index in [0.29, 0.717) is 5.92 Å². The largest absolute Gasteiger partial charge is 0.337 e. The molecule has 0 fully saturated rings. The zero-order valence-electron chi connectivity index (χ0n) is 8.34. The fraction of sp³-hybridized carbons (Fsp3) is 0.250. The molecule has 1 aliphatic rings. The van der Waals surface area contributed by atoms with Gasteiger partial charge in [0.05, 0.1) is 6.33 Å². The zero-order valence-corrected chi connectivity index (χ0v) is 9.15. The molecule has 0 bridgehead atoms. The summed E-state index contributed by atoms with van der Waals surface area (Å²) in [6.45, 7) is 1.05. The summed E-state index contributed by atoms with van der Waals surface area (Å²) >= 11 is 1.96. The number of rotatable bonds is 2. The van der Waals surface area contributed by atoms with Crippen molar-refractivity contribution < 1.29 is 0 Å². The highest BCUT2D eigenvalue weighted by Crippen LogP contribution is 2.39. The van der Waals surface area contributed by atoms with E-state index >= 15 is 0 Å². The number of thioether (sulfide) groups is 1. The molecule has 0 aliphatic carbocycles. The molecule has 15 heavy (non-hydrogen) atoms. The lowest BCUT2D eigenvalue weighted by Gasteiger charge is -2.10. The standard InChI is InChI=1S/C12H12N2S/c1-2-4-12-11(3-1)10(8-15-12)7-14-6-5-13-9-14/h1-6,9-10H,7-8H2. The smallest absolute Gasteiger partial charge is 0.0946 e. The molecular weight excluding hydrogens is 204 g/mol. The van der Waals surface area contributed by atoms with Crippen LogP contribution in [0.4, 0.5) is 0 Å². The molecular formula is C12H12N2S. The summed E-state index contributed by atoms with van der Waals surface area (Å²) in [7, 11) is 0. The molecule has 1 atom stereocenters. The molecule has 1 unspecified atom stereocenters. The fourth-order valence-electron chi connectivity index (χ4n) is 2.03. The molecule has 2 nitrogen and oxygen atoms in total. The highest BCUT2D eigenvalue weighted by Gasteiger charge is 2.22. The van der Waals surface area contributed by atoms with Gasteiger partial charge in [-0.3, -0.25) is 0 Å². The second kappa shape index (κ2) is 3.74. The van der Waals surface area contributed by atoms with E-state index < -0.39 is 0 Å². The Bertz CT molecular complexity index is 450. The minimum absolute atomic E-state index is 0.639. The Morgan fingerprint density at radius 3 is 3.20 bits per heavy atom. The van der Waals surface area contributed by atoms with E-state index in [-0.39, 0.29) is 0 Å². The van der Waals surface area contributed by atoms with Gasteiger partial charge in [0.1, 0.15) is 0 Å². The van der Waals surface area contributed by atoms with Crippen LogP contribution >= 0.6 is 11.8 Å². The van der Waals surface area contributed by atoms with Crippen LogP contribution in [0.5, 0.6) is 0 Å². The SMILES string of the molecule is c1ccc2c(c1)SCC2Cn1ccnc1. The van der Waals surface area contributed by atoms with Crippen molar-refractivity contribution in [3.05, 3.63) is 48.5 Å². The Morgan fingerprint density at radius 2 is 2.33 bits per heavy atom. The lowest BCUT2D eigenvalue weighted by Crippen LogP contribution is -2.06. The molecule has 3 heteroatoms. The third kappa shape index (κ3) is 1.67. The van der Waals surface area contributed by atoms with Crippen LogP contribution in [0.1, 0.15) is 11.5 Å². The van der Waals surface area contributed by atoms with Gasteiger partial charge in [-0.15, -0.1) is 11.8 Å². The number of imidazole rings is 1. The maximum atomic E-state index is 4.08. The molecule has 3 rings (SSSR count). The van der Waals surface area contributed by atoms with Crippen molar-refractivity contribution in [2.45, 2.75) is 17.4 Å². The van der Waals surface area contributed by atoms with Gasteiger partial charge in [-0.2, -0.15) is 0 Å². The first-order valence-electron chi connectivity index (χ1n) is 5.11. The van der Waals surface area contributed by atoms with Crippen molar-refractivity contribution in [2.24, 2.45) is 0 Å². The molecule has 1 aliphatic heterocycles. The van der Waals surface area contributed by atoms with Crippen LogP contribution in [0.3, 0.4) is 0 Å². The molecule has 0 saturated carbocycles. The van der Waals surface area contributed by atoms with Crippen molar-refractivity contribution in [2.75, 3.05) is 5.75 Å². The minimum atomic E-state index is 0.639. The maximum Gasteiger partial charge on any atom is 0.0946 e. The van der Waals surface area contributed by atoms with E-state index in [1.54, 1.807) is 0 Å². The van der Waals surface area contributed by atoms with Gasteiger partial charge in [-0.25, -0.2) is 4.98 Å². The molecule has 0 saturated heterocycles. The molecule has 1 aromatic heterocycles. The van der Waals surface area contributed by atoms with Gasteiger partial charge in [-0.05, 0) is 11.6 Å². The van der Waals surface area contributed by atoms with Crippen molar-refractivity contribution in [3.63, 3.8) is 0 Å². The Labute approximate surface area is 93.3 Å². The Morgan fingerprint density at radius 1 is 1.40 bits per heavy atom. The zero-order chi connectivity index (χ0) is 10.1. The lowest BCUT2D eigenvalue weighted by atomic mass is 10.0. The van der Waals surface area contributed by atoms with Crippen molar-refractivity contribution in [1.29, 1.82) is 0 Å². The summed E-state index contributed by atoms with van der Waals surface area (Å²) in [5.74, 6) is 1.83. The van der Waals surface area contributed by atoms with Gasteiger partial charge >= 0.3 is 0 Å². The van der Waals surface area contributed by atoms with E-state index in [9.17, 15) is 0 Å². The summed E-state index contributed by atoms with van der Waals surface area (Å²) in [6, 6.07) is 8.71. The number of fused-ring (bicyclic) bond motifs is 1. The number of nitrogens with zero attached hydrogens (tertiary/aromatic N) is 2. The van der Waals surface area contributed by atoms with E-state index in [4.69, 9.17) is 0 Å². The average molecular weight is 216 g/mol. The summed E-state index contributed by atoms with van der Waals surface area (Å²) in [4.78, 5) is 5.52. The molecule has 0 radical (unpaired) electrons. The van der Waals surface area contributed by atoms with Crippen molar-refractivity contribution in [3.8, 4) is 0 Å². The van der Waals surface area contributed by atoms with Gasteiger partial charge in [0, 0.05) is 35.5 Å². The third-order valence-corrected chi connectivity index (χ3v) is 4.04. The molecule has 2 heterocycles. The molecule has 0 spiro atoms. The third-order valence-electron chi connectivity index (χ3n) is 2.79. The average Bonchev–Trinajstić information content (AvgIpc) is 2.89.